The summed E-state index contributed by atoms with van der Waals surface area (Å²) in [7, 11) is 0. The number of aromatic amines is 1. The maximum Gasteiger partial charge on any atom is 0.0910 e. The minimum absolute atomic E-state index is 0.0248. The van der Waals surface area contributed by atoms with Crippen molar-refractivity contribution in [1.82, 2.24) is 10.2 Å². The van der Waals surface area contributed by atoms with Gasteiger partial charge in [-0.3, -0.25) is 5.10 Å². The maximum atomic E-state index is 8.77. The first-order valence-corrected chi connectivity index (χ1v) is 3.39. The van der Waals surface area contributed by atoms with Gasteiger partial charge in [0.15, 0.2) is 0 Å². The molecular formula is C7H12N2O. The van der Waals surface area contributed by atoms with E-state index in [2.05, 4.69) is 24.0 Å². The summed E-state index contributed by atoms with van der Waals surface area (Å²) in [5.41, 5.74) is 1.86. The first-order chi connectivity index (χ1) is 4.75. The lowest BCUT2D eigenvalue weighted by atomic mass is 10.1. The van der Waals surface area contributed by atoms with Gasteiger partial charge in [0.05, 0.1) is 12.3 Å². The van der Waals surface area contributed by atoms with Crippen molar-refractivity contribution in [3.05, 3.63) is 17.5 Å². The Kier molecular flexibility index (Phi) is 2.06. The van der Waals surface area contributed by atoms with Crippen molar-refractivity contribution in [1.29, 1.82) is 0 Å². The van der Waals surface area contributed by atoms with E-state index in [0.29, 0.717) is 5.92 Å². The van der Waals surface area contributed by atoms with Crippen molar-refractivity contribution >= 4 is 0 Å². The minimum atomic E-state index is 0.0248. The van der Waals surface area contributed by atoms with Gasteiger partial charge in [0.1, 0.15) is 0 Å². The molecule has 0 fully saturated rings. The maximum absolute atomic E-state index is 8.77. The molecule has 0 unspecified atom stereocenters. The fourth-order valence-corrected chi connectivity index (χ4v) is 0.954. The Hall–Kier alpha value is -0.830. The molecule has 0 spiro atoms. The lowest BCUT2D eigenvalue weighted by Gasteiger charge is -2.00. The third-order valence-electron chi connectivity index (χ3n) is 1.52. The lowest BCUT2D eigenvalue weighted by molar-refractivity contribution is 0.275. The summed E-state index contributed by atoms with van der Waals surface area (Å²) in [6.45, 7) is 4.17. The number of hydrogen-bond donors (Lipinski definition) is 2. The van der Waals surface area contributed by atoms with E-state index in [9.17, 15) is 0 Å². The smallest absolute Gasteiger partial charge is 0.0910 e. The highest BCUT2D eigenvalue weighted by atomic mass is 16.3. The predicted molar refractivity (Wildman–Crippen MR) is 38.6 cm³/mol. The fraction of sp³-hybridized carbons (Fsp3) is 0.571. The van der Waals surface area contributed by atoms with Gasteiger partial charge in [0.2, 0.25) is 0 Å². The van der Waals surface area contributed by atoms with Crippen molar-refractivity contribution in [3.63, 3.8) is 0 Å². The van der Waals surface area contributed by atoms with Gasteiger partial charge in [-0.25, -0.2) is 0 Å². The molecular weight excluding hydrogens is 128 g/mol. The van der Waals surface area contributed by atoms with Crippen LogP contribution in [0.3, 0.4) is 0 Å². The van der Waals surface area contributed by atoms with Crippen LogP contribution in [-0.4, -0.2) is 15.3 Å². The number of aromatic nitrogens is 2. The van der Waals surface area contributed by atoms with Crippen LogP contribution in [0.1, 0.15) is 31.0 Å². The Balaban J connectivity index is 2.90. The third kappa shape index (κ3) is 1.19. The standard InChI is InChI=1S/C7H12N2O/c1-5(2)6-3-8-9-7(6)4-10/h3,5,10H,4H2,1-2H3,(H,8,9). The van der Waals surface area contributed by atoms with E-state index in [1.807, 2.05) is 6.20 Å². The number of rotatable bonds is 2. The van der Waals surface area contributed by atoms with Crippen LogP contribution >= 0.6 is 0 Å². The van der Waals surface area contributed by atoms with Crippen LogP contribution < -0.4 is 0 Å². The number of H-pyrrole nitrogens is 1. The first kappa shape index (κ1) is 7.28. The van der Waals surface area contributed by atoms with Gasteiger partial charge >= 0.3 is 0 Å². The molecule has 1 heterocycles. The molecule has 0 aliphatic carbocycles. The zero-order valence-corrected chi connectivity index (χ0v) is 6.26. The molecule has 3 nitrogen and oxygen atoms in total. The molecule has 0 saturated heterocycles. The van der Waals surface area contributed by atoms with Crippen molar-refractivity contribution in [2.75, 3.05) is 0 Å². The molecule has 2 N–H and O–H groups in total. The van der Waals surface area contributed by atoms with E-state index in [-0.39, 0.29) is 6.61 Å². The summed E-state index contributed by atoms with van der Waals surface area (Å²) in [6, 6.07) is 0. The zero-order valence-electron chi connectivity index (χ0n) is 6.26. The molecule has 1 aromatic heterocycles. The van der Waals surface area contributed by atoms with E-state index < -0.39 is 0 Å². The topological polar surface area (TPSA) is 48.9 Å². The van der Waals surface area contributed by atoms with E-state index in [0.717, 1.165) is 11.3 Å². The van der Waals surface area contributed by atoms with E-state index in [4.69, 9.17) is 5.11 Å². The van der Waals surface area contributed by atoms with Crippen molar-refractivity contribution < 1.29 is 5.11 Å². The minimum Gasteiger partial charge on any atom is -0.390 e. The number of hydrogen-bond acceptors (Lipinski definition) is 2. The van der Waals surface area contributed by atoms with Crippen LogP contribution in [-0.2, 0) is 6.61 Å². The van der Waals surface area contributed by atoms with E-state index >= 15 is 0 Å². The van der Waals surface area contributed by atoms with Crippen molar-refractivity contribution in [2.45, 2.75) is 26.4 Å². The molecule has 0 aliphatic heterocycles. The molecule has 10 heavy (non-hydrogen) atoms. The van der Waals surface area contributed by atoms with Crippen LogP contribution in [0.4, 0.5) is 0 Å². The summed E-state index contributed by atoms with van der Waals surface area (Å²) >= 11 is 0. The molecule has 0 bridgehead atoms. The van der Waals surface area contributed by atoms with Crippen LogP contribution in [0, 0.1) is 0 Å². The molecule has 0 amide bonds. The monoisotopic (exact) mass is 140 g/mol. The normalized spacial score (nSPS) is 10.8. The Labute approximate surface area is 60.1 Å². The number of aliphatic hydroxyl groups excluding tert-OH is 1. The molecule has 3 heteroatoms. The quantitative estimate of drug-likeness (QED) is 0.644. The highest BCUT2D eigenvalue weighted by molar-refractivity contribution is 5.18. The average Bonchev–Trinajstić information content (AvgIpc) is 2.33. The molecule has 0 radical (unpaired) electrons. The lowest BCUT2D eigenvalue weighted by Crippen LogP contribution is -1.92. The summed E-state index contributed by atoms with van der Waals surface area (Å²) in [6.07, 6.45) is 1.83. The van der Waals surface area contributed by atoms with Gasteiger partial charge < -0.3 is 5.11 Å². The van der Waals surface area contributed by atoms with Gasteiger partial charge in [-0.2, -0.15) is 5.10 Å². The summed E-state index contributed by atoms with van der Waals surface area (Å²) in [5, 5.41) is 15.4. The van der Waals surface area contributed by atoms with Crippen molar-refractivity contribution in [2.24, 2.45) is 0 Å². The van der Waals surface area contributed by atoms with Gasteiger partial charge in [0, 0.05) is 6.20 Å². The first-order valence-electron chi connectivity index (χ1n) is 3.39. The van der Waals surface area contributed by atoms with E-state index in [1.165, 1.54) is 0 Å². The summed E-state index contributed by atoms with van der Waals surface area (Å²) < 4.78 is 0. The second-order valence-electron chi connectivity index (χ2n) is 2.60. The number of aliphatic hydroxyl groups is 1. The molecule has 0 saturated carbocycles. The van der Waals surface area contributed by atoms with Crippen molar-refractivity contribution in [3.8, 4) is 0 Å². The Morgan fingerprint density at radius 3 is 2.80 bits per heavy atom. The summed E-state index contributed by atoms with van der Waals surface area (Å²) in [4.78, 5) is 0. The van der Waals surface area contributed by atoms with Crippen LogP contribution in [0.25, 0.3) is 0 Å². The second kappa shape index (κ2) is 2.84. The predicted octanol–water partition coefficient (Wildman–Crippen LogP) is 1.03. The average molecular weight is 140 g/mol. The fourth-order valence-electron chi connectivity index (χ4n) is 0.954. The molecule has 1 aromatic rings. The molecule has 0 aliphatic rings. The number of nitrogens with zero attached hydrogens (tertiary/aromatic N) is 1. The Morgan fingerprint density at radius 1 is 1.70 bits per heavy atom. The second-order valence-corrected chi connectivity index (χ2v) is 2.60. The highest BCUT2D eigenvalue weighted by Gasteiger charge is 2.06. The highest BCUT2D eigenvalue weighted by Crippen LogP contribution is 2.15. The van der Waals surface area contributed by atoms with Crippen LogP contribution in [0.2, 0.25) is 0 Å². The summed E-state index contributed by atoms with van der Waals surface area (Å²) in [5.74, 6) is 0.431. The van der Waals surface area contributed by atoms with Gasteiger partial charge in [-0.1, -0.05) is 13.8 Å². The van der Waals surface area contributed by atoms with Crippen LogP contribution in [0.5, 0.6) is 0 Å². The van der Waals surface area contributed by atoms with E-state index in [1.54, 1.807) is 0 Å². The third-order valence-corrected chi connectivity index (χ3v) is 1.52. The zero-order chi connectivity index (χ0) is 7.56. The Bertz CT molecular complexity index is 205. The van der Waals surface area contributed by atoms with Crippen LogP contribution in [0.15, 0.2) is 6.20 Å². The Morgan fingerprint density at radius 2 is 2.40 bits per heavy atom. The molecule has 1 rings (SSSR count). The van der Waals surface area contributed by atoms with Gasteiger partial charge in [-0.15, -0.1) is 0 Å². The number of nitrogens with one attached hydrogen (secondary N) is 1. The van der Waals surface area contributed by atoms with Gasteiger partial charge in [0.25, 0.3) is 0 Å². The van der Waals surface area contributed by atoms with Gasteiger partial charge in [-0.05, 0) is 11.5 Å². The molecule has 56 valence electrons. The molecule has 0 atom stereocenters. The molecule has 0 aromatic carbocycles. The largest absolute Gasteiger partial charge is 0.390 e. The SMILES string of the molecule is CC(C)c1c[nH]nc1CO.